The van der Waals surface area contributed by atoms with E-state index >= 15 is 0 Å². The molecule has 0 spiro atoms. The standard InChI is InChI=1S/C15H25N3O/c1-3-10-19-15-11-14(16-12(2)17-15)18-13-8-6-4-5-7-9-13/h11,13H,3-10H2,1-2H3,(H,16,17,18). The number of hydrogen-bond donors (Lipinski definition) is 1. The Morgan fingerprint density at radius 3 is 2.63 bits per heavy atom. The molecule has 2 rings (SSSR count). The molecule has 4 heteroatoms. The van der Waals surface area contributed by atoms with Gasteiger partial charge in [0.25, 0.3) is 0 Å². The molecule has 1 saturated carbocycles. The minimum atomic E-state index is 0.552. The van der Waals surface area contributed by atoms with E-state index < -0.39 is 0 Å². The number of nitrogens with one attached hydrogen (secondary N) is 1. The van der Waals surface area contributed by atoms with E-state index in [4.69, 9.17) is 4.74 Å². The van der Waals surface area contributed by atoms with Crippen LogP contribution in [0.15, 0.2) is 6.07 Å². The molecule has 0 radical (unpaired) electrons. The van der Waals surface area contributed by atoms with Crippen molar-refractivity contribution in [1.29, 1.82) is 0 Å². The maximum absolute atomic E-state index is 5.60. The van der Waals surface area contributed by atoms with E-state index in [1.165, 1.54) is 38.5 Å². The molecule has 19 heavy (non-hydrogen) atoms. The Hall–Kier alpha value is -1.32. The number of aryl methyl sites for hydroxylation is 1. The lowest BCUT2D eigenvalue weighted by Crippen LogP contribution is -2.19. The number of nitrogens with zero attached hydrogens (tertiary/aromatic N) is 2. The van der Waals surface area contributed by atoms with Gasteiger partial charge in [0.2, 0.25) is 5.88 Å². The van der Waals surface area contributed by atoms with E-state index in [2.05, 4.69) is 22.2 Å². The predicted octanol–water partition coefficient (Wildman–Crippen LogP) is 3.71. The highest BCUT2D eigenvalue weighted by Gasteiger charge is 2.13. The highest BCUT2D eigenvalue weighted by molar-refractivity contribution is 5.39. The van der Waals surface area contributed by atoms with Crippen molar-refractivity contribution in [1.82, 2.24) is 9.97 Å². The van der Waals surface area contributed by atoms with Gasteiger partial charge < -0.3 is 10.1 Å². The molecule has 0 unspecified atom stereocenters. The van der Waals surface area contributed by atoms with Gasteiger partial charge in [0.15, 0.2) is 0 Å². The number of ether oxygens (including phenoxy) is 1. The van der Waals surface area contributed by atoms with Crippen molar-refractivity contribution in [2.75, 3.05) is 11.9 Å². The van der Waals surface area contributed by atoms with E-state index in [1.54, 1.807) is 0 Å². The third-order valence-corrected chi connectivity index (χ3v) is 3.48. The summed E-state index contributed by atoms with van der Waals surface area (Å²) in [5.74, 6) is 2.36. The highest BCUT2D eigenvalue weighted by atomic mass is 16.5. The fraction of sp³-hybridized carbons (Fsp3) is 0.733. The summed E-state index contributed by atoms with van der Waals surface area (Å²) in [6.45, 7) is 4.72. The second-order valence-electron chi connectivity index (χ2n) is 5.32. The summed E-state index contributed by atoms with van der Waals surface area (Å²) in [4.78, 5) is 8.77. The predicted molar refractivity (Wildman–Crippen MR) is 77.7 cm³/mol. The topological polar surface area (TPSA) is 47.0 Å². The van der Waals surface area contributed by atoms with Crippen LogP contribution in [0.4, 0.5) is 5.82 Å². The van der Waals surface area contributed by atoms with Gasteiger partial charge in [-0.15, -0.1) is 0 Å². The molecule has 1 N–H and O–H groups in total. The van der Waals surface area contributed by atoms with Crippen molar-refractivity contribution in [3.63, 3.8) is 0 Å². The minimum Gasteiger partial charge on any atom is -0.478 e. The lowest BCUT2D eigenvalue weighted by molar-refractivity contribution is 0.304. The molecule has 4 nitrogen and oxygen atoms in total. The molecular formula is C15H25N3O. The average molecular weight is 263 g/mol. The first-order chi connectivity index (χ1) is 9.28. The summed E-state index contributed by atoms with van der Waals surface area (Å²) in [7, 11) is 0. The zero-order valence-electron chi connectivity index (χ0n) is 12.1. The molecule has 0 bridgehead atoms. The average Bonchev–Trinajstić information content (AvgIpc) is 2.64. The van der Waals surface area contributed by atoms with Gasteiger partial charge >= 0.3 is 0 Å². The fourth-order valence-electron chi connectivity index (χ4n) is 2.53. The van der Waals surface area contributed by atoms with Gasteiger partial charge in [0.05, 0.1) is 6.61 Å². The molecular weight excluding hydrogens is 238 g/mol. The molecule has 1 aliphatic rings. The highest BCUT2D eigenvalue weighted by Crippen LogP contribution is 2.21. The lowest BCUT2D eigenvalue weighted by Gasteiger charge is -2.17. The molecule has 1 fully saturated rings. The van der Waals surface area contributed by atoms with E-state index in [1.807, 2.05) is 13.0 Å². The van der Waals surface area contributed by atoms with E-state index in [-0.39, 0.29) is 0 Å². The number of rotatable bonds is 5. The molecule has 0 aromatic carbocycles. The largest absolute Gasteiger partial charge is 0.478 e. The van der Waals surface area contributed by atoms with Gasteiger partial charge in [-0.05, 0) is 26.2 Å². The zero-order valence-corrected chi connectivity index (χ0v) is 12.1. The SMILES string of the molecule is CCCOc1cc(NC2CCCCCC2)nc(C)n1. The Labute approximate surface area is 116 Å². The number of anilines is 1. The van der Waals surface area contributed by atoms with Crippen molar-refractivity contribution in [3.05, 3.63) is 11.9 Å². The maximum atomic E-state index is 5.60. The first-order valence-electron chi connectivity index (χ1n) is 7.53. The van der Waals surface area contributed by atoms with Crippen molar-refractivity contribution in [2.24, 2.45) is 0 Å². The van der Waals surface area contributed by atoms with E-state index in [0.29, 0.717) is 18.5 Å². The van der Waals surface area contributed by atoms with Crippen LogP contribution < -0.4 is 10.1 Å². The fourth-order valence-corrected chi connectivity index (χ4v) is 2.53. The third-order valence-electron chi connectivity index (χ3n) is 3.48. The first kappa shape index (κ1) is 14.1. The second-order valence-corrected chi connectivity index (χ2v) is 5.32. The molecule has 0 aliphatic heterocycles. The van der Waals surface area contributed by atoms with Crippen molar-refractivity contribution in [2.45, 2.75) is 64.8 Å². The van der Waals surface area contributed by atoms with E-state index in [0.717, 1.165) is 18.1 Å². The molecule has 106 valence electrons. The lowest BCUT2D eigenvalue weighted by atomic mass is 10.1. The Morgan fingerprint density at radius 2 is 1.95 bits per heavy atom. The van der Waals surface area contributed by atoms with Crippen LogP contribution >= 0.6 is 0 Å². The van der Waals surface area contributed by atoms with Gasteiger partial charge in [-0.3, -0.25) is 0 Å². The molecule has 1 aromatic heterocycles. The quantitative estimate of drug-likeness (QED) is 0.823. The molecule has 1 aromatic rings. The monoisotopic (exact) mass is 263 g/mol. The van der Waals surface area contributed by atoms with Crippen LogP contribution in [0.3, 0.4) is 0 Å². The normalized spacial score (nSPS) is 16.9. The van der Waals surface area contributed by atoms with Crippen LogP contribution in [-0.2, 0) is 0 Å². The minimum absolute atomic E-state index is 0.552. The van der Waals surface area contributed by atoms with E-state index in [9.17, 15) is 0 Å². The summed E-state index contributed by atoms with van der Waals surface area (Å²) in [6, 6.07) is 2.48. The van der Waals surface area contributed by atoms with Crippen molar-refractivity contribution < 1.29 is 4.74 Å². The Kier molecular flexibility index (Phi) is 5.43. The van der Waals surface area contributed by atoms with Gasteiger partial charge in [-0.25, -0.2) is 4.98 Å². The van der Waals surface area contributed by atoms with Crippen LogP contribution in [0, 0.1) is 6.92 Å². The van der Waals surface area contributed by atoms with Gasteiger partial charge in [0, 0.05) is 12.1 Å². The van der Waals surface area contributed by atoms with Crippen molar-refractivity contribution >= 4 is 5.82 Å². The van der Waals surface area contributed by atoms with Gasteiger partial charge in [-0.1, -0.05) is 32.6 Å². The molecule has 0 amide bonds. The Balaban J connectivity index is 1.99. The summed E-state index contributed by atoms with van der Waals surface area (Å²) >= 11 is 0. The summed E-state index contributed by atoms with van der Waals surface area (Å²) in [5, 5.41) is 3.55. The second kappa shape index (κ2) is 7.31. The smallest absolute Gasteiger partial charge is 0.218 e. The first-order valence-corrected chi connectivity index (χ1v) is 7.53. The maximum Gasteiger partial charge on any atom is 0.218 e. The molecule has 1 aliphatic carbocycles. The van der Waals surface area contributed by atoms with Crippen LogP contribution in [0.5, 0.6) is 5.88 Å². The zero-order chi connectivity index (χ0) is 13.5. The van der Waals surface area contributed by atoms with Crippen molar-refractivity contribution in [3.8, 4) is 5.88 Å². The van der Waals surface area contributed by atoms with Gasteiger partial charge in [0.1, 0.15) is 11.6 Å². The summed E-state index contributed by atoms with van der Waals surface area (Å²) in [6.07, 6.45) is 8.86. The summed E-state index contributed by atoms with van der Waals surface area (Å²) < 4.78 is 5.60. The van der Waals surface area contributed by atoms with Crippen LogP contribution in [-0.4, -0.2) is 22.6 Å². The van der Waals surface area contributed by atoms with Crippen LogP contribution in [0.1, 0.15) is 57.7 Å². The summed E-state index contributed by atoms with van der Waals surface area (Å²) in [5.41, 5.74) is 0. The van der Waals surface area contributed by atoms with Crippen LogP contribution in [0.25, 0.3) is 0 Å². The number of aromatic nitrogens is 2. The van der Waals surface area contributed by atoms with Gasteiger partial charge in [-0.2, -0.15) is 4.98 Å². The molecule has 0 saturated heterocycles. The Morgan fingerprint density at radius 1 is 1.21 bits per heavy atom. The third kappa shape index (κ3) is 4.69. The number of hydrogen-bond acceptors (Lipinski definition) is 4. The molecule has 1 heterocycles. The van der Waals surface area contributed by atoms with Crippen LogP contribution in [0.2, 0.25) is 0 Å². The molecule has 0 atom stereocenters. The Bertz CT molecular complexity index is 387.